The molecule has 1 atom stereocenters. The van der Waals surface area contributed by atoms with Crippen LogP contribution in [-0.4, -0.2) is 17.1 Å². The zero-order chi connectivity index (χ0) is 15.2. The van der Waals surface area contributed by atoms with Gasteiger partial charge >= 0.3 is 12.0 Å². The minimum Gasteiger partial charge on any atom is -0.479 e. The topological polar surface area (TPSA) is 78.4 Å². The second kappa shape index (κ2) is 6.90. The highest BCUT2D eigenvalue weighted by atomic mass is 79.9. The number of nitrogens with one attached hydrogen (secondary N) is 2. The van der Waals surface area contributed by atoms with Crippen LogP contribution in [0.1, 0.15) is 11.6 Å². The number of benzene rings is 2. The lowest BCUT2D eigenvalue weighted by Crippen LogP contribution is -2.36. The number of anilines is 1. The van der Waals surface area contributed by atoms with Crippen molar-refractivity contribution in [2.75, 3.05) is 5.32 Å². The molecule has 0 aromatic heterocycles. The van der Waals surface area contributed by atoms with E-state index in [4.69, 9.17) is 0 Å². The van der Waals surface area contributed by atoms with Gasteiger partial charge in [-0.1, -0.05) is 46.3 Å². The Morgan fingerprint density at radius 3 is 2.19 bits per heavy atom. The normalized spacial score (nSPS) is 11.5. The highest BCUT2D eigenvalue weighted by Gasteiger charge is 2.21. The SMILES string of the molecule is O=C(Nc1ccc(Br)cc1)NC(C(=O)O)c1ccccc1. The Morgan fingerprint density at radius 2 is 1.62 bits per heavy atom. The van der Waals surface area contributed by atoms with E-state index in [0.29, 0.717) is 11.3 Å². The summed E-state index contributed by atoms with van der Waals surface area (Å²) in [5.41, 5.74) is 1.09. The van der Waals surface area contributed by atoms with Gasteiger partial charge in [0, 0.05) is 10.2 Å². The van der Waals surface area contributed by atoms with Crippen molar-refractivity contribution in [3.8, 4) is 0 Å². The van der Waals surface area contributed by atoms with Crippen LogP contribution in [0.5, 0.6) is 0 Å². The van der Waals surface area contributed by atoms with E-state index in [1.807, 2.05) is 0 Å². The highest BCUT2D eigenvalue weighted by Crippen LogP contribution is 2.15. The number of hydrogen-bond donors (Lipinski definition) is 3. The van der Waals surface area contributed by atoms with Crippen LogP contribution in [0.4, 0.5) is 10.5 Å². The average molecular weight is 349 g/mol. The molecule has 0 saturated carbocycles. The van der Waals surface area contributed by atoms with Gasteiger partial charge in [0.25, 0.3) is 0 Å². The number of carbonyl (C=O) groups is 2. The maximum absolute atomic E-state index is 11.9. The summed E-state index contributed by atoms with van der Waals surface area (Å²) in [6, 6.07) is 13.8. The molecule has 5 nitrogen and oxygen atoms in total. The maximum atomic E-state index is 11.9. The van der Waals surface area contributed by atoms with Crippen LogP contribution in [0.25, 0.3) is 0 Å². The summed E-state index contributed by atoms with van der Waals surface area (Å²) in [5, 5.41) is 14.3. The molecule has 0 saturated heterocycles. The second-order valence-corrected chi connectivity index (χ2v) is 5.20. The first-order valence-corrected chi connectivity index (χ1v) is 6.96. The van der Waals surface area contributed by atoms with E-state index < -0.39 is 18.0 Å². The molecular formula is C15H13BrN2O3. The third-order valence-electron chi connectivity index (χ3n) is 2.76. The highest BCUT2D eigenvalue weighted by molar-refractivity contribution is 9.10. The Balaban J connectivity index is 2.05. The maximum Gasteiger partial charge on any atom is 0.330 e. The molecule has 2 rings (SSSR count). The molecule has 0 aliphatic carbocycles. The first kappa shape index (κ1) is 15.1. The molecule has 3 N–H and O–H groups in total. The number of rotatable bonds is 4. The average Bonchev–Trinajstić information content (AvgIpc) is 2.48. The summed E-state index contributed by atoms with van der Waals surface area (Å²) in [7, 11) is 0. The predicted molar refractivity (Wildman–Crippen MR) is 83.1 cm³/mol. The molecule has 0 spiro atoms. The zero-order valence-electron chi connectivity index (χ0n) is 10.9. The molecule has 0 aliphatic rings. The lowest BCUT2D eigenvalue weighted by Gasteiger charge is -2.15. The largest absolute Gasteiger partial charge is 0.479 e. The van der Waals surface area contributed by atoms with Crippen molar-refractivity contribution in [3.05, 3.63) is 64.6 Å². The van der Waals surface area contributed by atoms with Gasteiger partial charge in [-0.2, -0.15) is 0 Å². The molecule has 21 heavy (non-hydrogen) atoms. The van der Waals surface area contributed by atoms with Gasteiger partial charge in [0.05, 0.1) is 0 Å². The molecule has 2 aromatic rings. The Hall–Kier alpha value is -2.34. The summed E-state index contributed by atoms with van der Waals surface area (Å²) in [6.45, 7) is 0. The van der Waals surface area contributed by atoms with Gasteiger partial charge in [0.1, 0.15) is 0 Å². The number of carboxylic acid groups (broad SMARTS) is 1. The first-order chi connectivity index (χ1) is 10.1. The summed E-state index contributed by atoms with van der Waals surface area (Å²) in [6.07, 6.45) is 0. The van der Waals surface area contributed by atoms with E-state index in [2.05, 4.69) is 26.6 Å². The standard InChI is InChI=1S/C15H13BrN2O3/c16-11-6-8-12(9-7-11)17-15(21)18-13(14(19)20)10-4-2-1-3-5-10/h1-9,13H,(H,19,20)(H2,17,18,21). The van der Waals surface area contributed by atoms with E-state index in [1.54, 1.807) is 54.6 Å². The lowest BCUT2D eigenvalue weighted by molar-refractivity contribution is -0.139. The van der Waals surface area contributed by atoms with Crippen LogP contribution in [-0.2, 0) is 4.79 Å². The fraction of sp³-hybridized carbons (Fsp3) is 0.0667. The van der Waals surface area contributed by atoms with Gasteiger partial charge in [-0.3, -0.25) is 0 Å². The number of hydrogen-bond acceptors (Lipinski definition) is 2. The van der Waals surface area contributed by atoms with Crippen molar-refractivity contribution < 1.29 is 14.7 Å². The number of urea groups is 1. The van der Waals surface area contributed by atoms with Crippen molar-refractivity contribution in [2.45, 2.75) is 6.04 Å². The fourth-order valence-corrected chi connectivity index (χ4v) is 2.03. The summed E-state index contributed by atoms with van der Waals surface area (Å²) < 4.78 is 0.890. The molecule has 2 amide bonds. The van der Waals surface area contributed by atoms with Gasteiger partial charge in [0.15, 0.2) is 6.04 Å². The van der Waals surface area contributed by atoms with Gasteiger partial charge in [-0.15, -0.1) is 0 Å². The number of carbonyl (C=O) groups excluding carboxylic acids is 1. The third kappa shape index (κ3) is 4.32. The van der Waals surface area contributed by atoms with E-state index in [9.17, 15) is 14.7 Å². The minimum absolute atomic E-state index is 0.510. The van der Waals surface area contributed by atoms with Crippen LogP contribution in [0.2, 0.25) is 0 Å². The molecule has 0 bridgehead atoms. The van der Waals surface area contributed by atoms with Crippen LogP contribution in [0.15, 0.2) is 59.1 Å². The van der Waals surface area contributed by atoms with Gasteiger partial charge in [-0.05, 0) is 29.8 Å². The minimum atomic E-state index is -1.12. The zero-order valence-corrected chi connectivity index (χ0v) is 12.5. The molecule has 2 aromatic carbocycles. The second-order valence-electron chi connectivity index (χ2n) is 4.29. The Labute approximate surface area is 130 Å². The number of carboxylic acids is 1. The van der Waals surface area contributed by atoms with E-state index in [0.717, 1.165) is 4.47 Å². The van der Waals surface area contributed by atoms with Crippen molar-refractivity contribution in [3.63, 3.8) is 0 Å². The number of aliphatic carboxylic acids is 1. The first-order valence-electron chi connectivity index (χ1n) is 6.17. The Morgan fingerprint density at radius 1 is 1.00 bits per heavy atom. The van der Waals surface area contributed by atoms with E-state index in [1.165, 1.54) is 0 Å². The summed E-state index contributed by atoms with van der Waals surface area (Å²) in [5.74, 6) is -1.12. The fourth-order valence-electron chi connectivity index (χ4n) is 1.76. The van der Waals surface area contributed by atoms with Gasteiger partial charge < -0.3 is 15.7 Å². The van der Waals surface area contributed by atoms with Crippen molar-refractivity contribution in [1.82, 2.24) is 5.32 Å². The van der Waals surface area contributed by atoms with Crippen LogP contribution < -0.4 is 10.6 Å². The van der Waals surface area contributed by atoms with E-state index >= 15 is 0 Å². The molecular weight excluding hydrogens is 336 g/mol. The third-order valence-corrected chi connectivity index (χ3v) is 3.29. The molecule has 6 heteroatoms. The van der Waals surface area contributed by atoms with Gasteiger partial charge in [0.2, 0.25) is 0 Å². The number of amides is 2. The molecule has 0 aliphatic heterocycles. The van der Waals surface area contributed by atoms with Crippen LogP contribution in [0, 0.1) is 0 Å². The van der Waals surface area contributed by atoms with Gasteiger partial charge in [-0.25, -0.2) is 9.59 Å². The number of halogens is 1. The Kier molecular flexibility index (Phi) is 4.94. The van der Waals surface area contributed by atoms with E-state index in [-0.39, 0.29) is 0 Å². The Bertz CT molecular complexity index is 629. The van der Waals surface area contributed by atoms with Crippen LogP contribution in [0.3, 0.4) is 0 Å². The summed E-state index contributed by atoms with van der Waals surface area (Å²) >= 11 is 3.30. The van der Waals surface area contributed by atoms with Crippen molar-refractivity contribution in [1.29, 1.82) is 0 Å². The lowest BCUT2D eigenvalue weighted by atomic mass is 10.1. The monoisotopic (exact) mass is 348 g/mol. The van der Waals surface area contributed by atoms with Crippen LogP contribution >= 0.6 is 15.9 Å². The van der Waals surface area contributed by atoms with Crippen molar-refractivity contribution >= 4 is 33.6 Å². The predicted octanol–water partition coefficient (Wildman–Crippen LogP) is 3.40. The molecule has 0 radical (unpaired) electrons. The molecule has 108 valence electrons. The molecule has 0 fully saturated rings. The molecule has 0 heterocycles. The van der Waals surface area contributed by atoms with Crippen molar-refractivity contribution in [2.24, 2.45) is 0 Å². The summed E-state index contributed by atoms with van der Waals surface area (Å²) in [4.78, 5) is 23.2. The quantitative estimate of drug-likeness (QED) is 0.792. The smallest absolute Gasteiger partial charge is 0.330 e. The molecule has 1 unspecified atom stereocenters.